The number of aromatic nitrogens is 1. The number of nitrogens with one attached hydrogen (secondary N) is 2. The monoisotopic (exact) mass is 375 g/mol. The SMILES string of the molecule is Cc1cc(Nc2ccc(NC(=O)C3CCCO3)nc2)ccc1Br. The Hall–Kier alpha value is -1.92. The Kier molecular flexibility index (Phi) is 4.93. The van der Waals surface area contributed by atoms with Gasteiger partial charge in [0.1, 0.15) is 11.9 Å². The Bertz CT molecular complexity index is 697. The summed E-state index contributed by atoms with van der Waals surface area (Å²) in [5.74, 6) is 0.405. The molecule has 1 atom stereocenters. The summed E-state index contributed by atoms with van der Waals surface area (Å²) in [6.07, 6.45) is 3.05. The lowest BCUT2D eigenvalue weighted by Crippen LogP contribution is -2.27. The maximum absolute atomic E-state index is 12.0. The predicted octanol–water partition coefficient (Wildman–Crippen LogP) is 4.01. The third-order valence-electron chi connectivity index (χ3n) is 3.68. The lowest BCUT2D eigenvalue weighted by atomic mass is 10.2. The molecule has 1 unspecified atom stereocenters. The smallest absolute Gasteiger partial charge is 0.254 e. The zero-order valence-corrected chi connectivity index (χ0v) is 14.4. The van der Waals surface area contributed by atoms with Crippen LogP contribution in [0.5, 0.6) is 0 Å². The molecule has 1 aliphatic rings. The minimum atomic E-state index is -0.347. The van der Waals surface area contributed by atoms with Crippen LogP contribution in [0.25, 0.3) is 0 Å². The van der Waals surface area contributed by atoms with Gasteiger partial charge in [-0.15, -0.1) is 0 Å². The van der Waals surface area contributed by atoms with Gasteiger partial charge in [0.15, 0.2) is 0 Å². The van der Waals surface area contributed by atoms with Crippen molar-refractivity contribution in [3.63, 3.8) is 0 Å². The Morgan fingerprint density at radius 2 is 2.13 bits per heavy atom. The zero-order chi connectivity index (χ0) is 16.2. The molecule has 1 fully saturated rings. The summed E-state index contributed by atoms with van der Waals surface area (Å²) in [6.45, 7) is 2.69. The first-order valence-corrected chi connectivity index (χ1v) is 8.33. The van der Waals surface area contributed by atoms with E-state index in [1.54, 1.807) is 12.3 Å². The summed E-state index contributed by atoms with van der Waals surface area (Å²) in [7, 11) is 0. The third kappa shape index (κ3) is 4.09. The summed E-state index contributed by atoms with van der Waals surface area (Å²) in [5.41, 5.74) is 3.01. The molecule has 1 aromatic carbocycles. The van der Waals surface area contributed by atoms with Crippen LogP contribution in [0.4, 0.5) is 17.2 Å². The van der Waals surface area contributed by atoms with Gasteiger partial charge in [0.05, 0.1) is 11.9 Å². The number of halogens is 1. The lowest BCUT2D eigenvalue weighted by molar-refractivity contribution is -0.124. The maximum Gasteiger partial charge on any atom is 0.254 e. The number of carbonyl (C=O) groups is 1. The van der Waals surface area contributed by atoms with Gasteiger partial charge in [-0.2, -0.15) is 0 Å². The summed E-state index contributed by atoms with van der Waals surface area (Å²) in [4.78, 5) is 16.2. The molecule has 1 amide bonds. The van der Waals surface area contributed by atoms with Crippen LogP contribution in [0, 0.1) is 6.92 Å². The van der Waals surface area contributed by atoms with Crippen LogP contribution < -0.4 is 10.6 Å². The number of anilines is 3. The summed E-state index contributed by atoms with van der Waals surface area (Å²) in [6, 6.07) is 9.71. The Morgan fingerprint density at radius 3 is 2.78 bits per heavy atom. The van der Waals surface area contributed by atoms with Gasteiger partial charge in [-0.3, -0.25) is 4.79 Å². The highest BCUT2D eigenvalue weighted by Gasteiger charge is 2.23. The van der Waals surface area contributed by atoms with E-state index in [1.165, 1.54) is 0 Å². The van der Waals surface area contributed by atoms with Crippen LogP contribution in [0.2, 0.25) is 0 Å². The van der Waals surface area contributed by atoms with Gasteiger partial charge in [0.25, 0.3) is 5.91 Å². The van der Waals surface area contributed by atoms with E-state index in [4.69, 9.17) is 4.74 Å². The van der Waals surface area contributed by atoms with E-state index in [-0.39, 0.29) is 12.0 Å². The molecule has 1 aliphatic heterocycles. The van der Waals surface area contributed by atoms with Gasteiger partial charge < -0.3 is 15.4 Å². The second-order valence-electron chi connectivity index (χ2n) is 5.51. The van der Waals surface area contributed by atoms with E-state index in [9.17, 15) is 4.79 Å². The van der Waals surface area contributed by atoms with Gasteiger partial charge in [0.2, 0.25) is 0 Å². The molecule has 23 heavy (non-hydrogen) atoms. The quantitative estimate of drug-likeness (QED) is 0.846. The van der Waals surface area contributed by atoms with Crippen molar-refractivity contribution in [2.75, 3.05) is 17.2 Å². The fourth-order valence-electron chi connectivity index (χ4n) is 2.42. The van der Waals surface area contributed by atoms with E-state index < -0.39 is 0 Å². The maximum atomic E-state index is 12.0. The number of hydrogen-bond donors (Lipinski definition) is 2. The van der Waals surface area contributed by atoms with E-state index in [2.05, 4.69) is 37.6 Å². The van der Waals surface area contributed by atoms with Crippen molar-refractivity contribution < 1.29 is 9.53 Å². The number of nitrogens with zero attached hydrogens (tertiary/aromatic N) is 1. The van der Waals surface area contributed by atoms with Crippen molar-refractivity contribution in [2.45, 2.75) is 25.9 Å². The van der Waals surface area contributed by atoms with E-state index in [1.807, 2.05) is 25.1 Å². The van der Waals surface area contributed by atoms with Crippen molar-refractivity contribution in [1.82, 2.24) is 4.98 Å². The highest BCUT2D eigenvalue weighted by Crippen LogP contribution is 2.23. The third-order valence-corrected chi connectivity index (χ3v) is 4.57. The van der Waals surface area contributed by atoms with Gasteiger partial charge in [-0.1, -0.05) is 15.9 Å². The molecule has 2 aromatic rings. The number of rotatable bonds is 4. The van der Waals surface area contributed by atoms with Gasteiger partial charge >= 0.3 is 0 Å². The highest BCUT2D eigenvalue weighted by atomic mass is 79.9. The lowest BCUT2D eigenvalue weighted by Gasteiger charge is -2.11. The normalized spacial score (nSPS) is 17.0. The Morgan fingerprint density at radius 1 is 1.30 bits per heavy atom. The van der Waals surface area contributed by atoms with Crippen molar-refractivity contribution >= 4 is 39.0 Å². The van der Waals surface area contributed by atoms with Crippen LogP contribution in [-0.2, 0) is 9.53 Å². The number of ether oxygens (including phenoxy) is 1. The molecule has 6 heteroatoms. The molecule has 0 bridgehead atoms. The molecule has 0 spiro atoms. The van der Waals surface area contributed by atoms with E-state index >= 15 is 0 Å². The van der Waals surface area contributed by atoms with Crippen LogP contribution in [0.1, 0.15) is 18.4 Å². The summed E-state index contributed by atoms with van der Waals surface area (Å²) >= 11 is 3.48. The van der Waals surface area contributed by atoms with Gasteiger partial charge in [-0.05, 0) is 55.7 Å². The zero-order valence-electron chi connectivity index (χ0n) is 12.8. The predicted molar refractivity (Wildman–Crippen MR) is 94.0 cm³/mol. The van der Waals surface area contributed by atoms with Crippen LogP contribution >= 0.6 is 15.9 Å². The standard InChI is InChI=1S/C17H18BrN3O2/c1-11-9-12(4-6-14(11)18)20-13-5-7-16(19-10-13)21-17(22)15-3-2-8-23-15/h4-7,9-10,15,20H,2-3,8H2,1H3,(H,19,21,22). The molecule has 1 aromatic heterocycles. The molecule has 2 N–H and O–H groups in total. The number of hydrogen-bond acceptors (Lipinski definition) is 4. The van der Waals surface area contributed by atoms with Crippen molar-refractivity contribution in [2.24, 2.45) is 0 Å². The molecule has 0 radical (unpaired) electrons. The highest BCUT2D eigenvalue weighted by molar-refractivity contribution is 9.10. The van der Waals surface area contributed by atoms with Crippen LogP contribution in [-0.4, -0.2) is 23.6 Å². The average molecular weight is 376 g/mol. The fourth-order valence-corrected chi connectivity index (χ4v) is 2.67. The average Bonchev–Trinajstić information content (AvgIpc) is 3.07. The second-order valence-corrected chi connectivity index (χ2v) is 6.37. The Balaban J connectivity index is 1.62. The van der Waals surface area contributed by atoms with E-state index in [0.717, 1.165) is 34.3 Å². The second kappa shape index (κ2) is 7.10. The van der Waals surface area contributed by atoms with Crippen molar-refractivity contribution in [3.05, 3.63) is 46.6 Å². The molecule has 120 valence electrons. The molecular formula is C17H18BrN3O2. The molecular weight excluding hydrogens is 358 g/mol. The molecule has 1 saturated heterocycles. The topological polar surface area (TPSA) is 63.2 Å². The van der Waals surface area contributed by atoms with Crippen molar-refractivity contribution in [1.29, 1.82) is 0 Å². The van der Waals surface area contributed by atoms with Gasteiger partial charge in [-0.25, -0.2) is 4.98 Å². The minimum absolute atomic E-state index is 0.126. The summed E-state index contributed by atoms with van der Waals surface area (Å²) in [5, 5.41) is 6.07. The van der Waals surface area contributed by atoms with Crippen LogP contribution in [0.3, 0.4) is 0 Å². The molecule has 3 rings (SSSR count). The number of aryl methyl sites for hydroxylation is 1. The fraction of sp³-hybridized carbons (Fsp3) is 0.294. The number of amides is 1. The first-order chi connectivity index (χ1) is 11.1. The first-order valence-electron chi connectivity index (χ1n) is 7.53. The first kappa shape index (κ1) is 16.0. The molecule has 2 heterocycles. The van der Waals surface area contributed by atoms with Crippen molar-refractivity contribution in [3.8, 4) is 0 Å². The molecule has 5 nitrogen and oxygen atoms in total. The minimum Gasteiger partial charge on any atom is -0.368 e. The number of pyridine rings is 1. The van der Waals surface area contributed by atoms with Crippen LogP contribution in [0.15, 0.2) is 41.0 Å². The summed E-state index contributed by atoms with van der Waals surface area (Å²) < 4.78 is 6.43. The number of benzene rings is 1. The molecule has 0 saturated carbocycles. The Labute approximate surface area is 143 Å². The van der Waals surface area contributed by atoms with E-state index in [0.29, 0.717) is 12.4 Å². The molecule has 0 aliphatic carbocycles. The number of carbonyl (C=O) groups excluding carboxylic acids is 1. The van der Waals surface area contributed by atoms with Gasteiger partial charge in [0, 0.05) is 16.8 Å². The largest absolute Gasteiger partial charge is 0.368 e.